The number of nitrogen functional groups attached to an aromatic ring is 2. The molecule has 10 aromatic heterocycles. The van der Waals surface area contributed by atoms with Crippen molar-refractivity contribution in [1.29, 1.82) is 5.26 Å². The summed E-state index contributed by atoms with van der Waals surface area (Å²) in [6.07, 6.45) is 16.5. The second kappa shape index (κ2) is 50.5. The van der Waals surface area contributed by atoms with Crippen molar-refractivity contribution >= 4 is 229 Å². The molecule has 0 unspecified atom stereocenters. The molecule has 138 heavy (non-hydrogen) atoms. The fourth-order valence-corrected chi connectivity index (χ4v) is 13.5. The number of nitrogens with two attached hydrogens (primary N) is 4. The number of ketones is 1. The number of carboxylic acid groups (broad SMARTS) is 1. The minimum Gasteiger partial charge on any atom is -0.870 e. The average Bonchev–Trinajstić information content (AvgIpc) is 1.67. The molecule has 17 rings (SSSR count). The molecule has 0 aliphatic carbocycles. The molecule has 0 spiro atoms. The summed E-state index contributed by atoms with van der Waals surface area (Å²) in [5, 5.41) is 42.9. The number of nitriles is 1. The third-order valence-corrected chi connectivity index (χ3v) is 20.0. The van der Waals surface area contributed by atoms with Crippen molar-refractivity contribution in [3.63, 3.8) is 0 Å². The third-order valence-electron chi connectivity index (χ3n) is 19.2. The van der Waals surface area contributed by atoms with Crippen LogP contribution in [0.2, 0.25) is 21.0 Å². The van der Waals surface area contributed by atoms with Crippen LogP contribution in [-0.4, -0.2) is 144 Å². The maximum atomic E-state index is 12.0. The van der Waals surface area contributed by atoms with Crippen molar-refractivity contribution in [1.82, 2.24) is 72.7 Å². The van der Waals surface area contributed by atoms with E-state index in [1.807, 2.05) is 206 Å². The molecule has 17 aromatic rings. The van der Waals surface area contributed by atoms with Gasteiger partial charge in [0.2, 0.25) is 39.4 Å². The molecule has 4 amide bonds. The van der Waals surface area contributed by atoms with Gasteiger partial charge in [0.1, 0.15) is 68.1 Å². The van der Waals surface area contributed by atoms with Crippen LogP contribution >= 0.6 is 46.4 Å². The van der Waals surface area contributed by atoms with Crippen LogP contribution in [0.5, 0.6) is 0 Å². The van der Waals surface area contributed by atoms with Crippen molar-refractivity contribution in [3.05, 3.63) is 286 Å². The van der Waals surface area contributed by atoms with Crippen LogP contribution in [-0.2, 0) is 59.1 Å². The van der Waals surface area contributed by atoms with Gasteiger partial charge in [-0.3, -0.25) is 24.0 Å². The number of nitrogens with one attached hydrogen (secondary N) is 7. The maximum absolute atomic E-state index is 12.0. The number of carboxylic acids is 1. The van der Waals surface area contributed by atoms with E-state index in [1.54, 1.807) is 63.2 Å². The number of hydrogen-bond acceptors (Lipinski definition) is 29. The molecule has 0 aliphatic heterocycles. The van der Waals surface area contributed by atoms with Crippen LogP contribution in [0.15, 0.2) is 232 Å². The normalized spacial score (nSPS) is 10.2. The van der Waals surface area contributed by atoms with E-state index in [2.05, 4.69) is 97.7 Å². The molecular weight excluding hydrogens is 1850 g/mol. The number of benzene rings is 7. The van der Waals surface area contributed by atoms with Crippen LogP contribution in [0.4, 0.5) is 80.4 Å². The average molecular weight is 1940 g/mol. The number of halogens is 4. The quantitative estimate of drug-likeness (QED) is 0.00893. The molecule has 17 N–H and O–H groups in total. The van der Waals surface area contributed by atoms with Crippen LogP contribution in [0, 0.1) is 18.3 Å². The van der Waals surface area contributed by atoms with E-state index >= 15 is 0 Å². The molecular formula is C94H92Cl4LiN27O12. The van der Waals surface area contributed by atoms with E-state index in [4.69, 9.17) is 84.1 Å². The van der Waals surface area contributed by atoms with Crippen molar-refractivity contribution < 1.29 is 77.3 Å². The van der Waals surface area contributed by atoms with Gasteiger partial charge < -0.3 is 103 Å². The number of carbonyl (C=O) groups excluding carboxylic acids is 7. The van der Waals surface area contributed by atoms with Gasteiger partial charge in [-0.25, -0.2) is 49.3 Å². The zero-order valence-corrected chi connectivity index (χ0v) is 79.3. The Morgan fingerprint density at radius 2 is 0.746 bits per heavy atom. The summed E-state index contributed by atoms with van der Waals surface area (Å²) in [7, 11) is 9.87. The van der Waals surface area contributed by atoms with Crippen LogP contribution < -0.4 is 79.0 Å². The predicted molar refractivity (Wildman–Crippen MR) is 530 cm³/mol. The summed E-state index contributed by atoms with van der Waals surface area (Å²) < 4.78 is 19.8. The molecule has 704 valence electrons. The van der Waals surface area contributed by atoms with Gasteiger partial charge in [0.25, 0.3) is 11.8 Å². The number of aryl methyl sites for hydroxylation is 6. The number of primary amides is 2. The first-order valence-corrected chi connectivity index (χ1v) is 42.4. The Kier molecular flexibility index (Phi) is 39.1. The van der Waals surface area contributed by atoms with Gasteiger partial charge in [-0.05, 0) is 183 Å². The van der Waals surface area contributed by atoms with Gasteiger partial charge in [-0.15, -0.1) is 0 Å². The van der Waals surface area contributed by atoms with Gasteiger partial charge in [0.15, 0.2) is 0 Å². The van der Waals surface area contributed by atoms with Crippen molar-refractivity contribution in [3.8, 4) is 6.07 Å². The van der Waals surface area contributed by atoms with Crippen LogP contribution in [0.3, 0.4) is 0 Å². The maximum Gasteiger partial charge on any atom is 1.00 e. The van der Waals surface area contributed by atoms with Gasteiger partial charge in [0, 0.05) is 224 Å². The topological polar surface area (TPSA) is 571 Å². The smallest absolute Gasteiger partial charge is 0.870 e. The molecule has 0 saturated heterocycles. The molecule has 0 saturated carbocycles. The van der Waals surface area contributed by atoms with Gasteiger partial charge in [-0.1, -0.05) is 54.1 Å². The minimum absolute atomic E-state index is 0. The van der Waals surface area contributed by atoms with E-state index in [1.165, 1.54) is 63.3 Å². The Labute approximate surface area is 821 Å². The van der Waals surface area contributed by atoms with E-state index in [0.717, 1.165) is 83.1 Å². The SMILES string of the molecule is CC(=O)C#N.CC(=O)Nc1cccc(N)c1.CC(=O)Nc1cccc(Nc2ncc(C(N)=O)c(Nc3cccc4c3ccn4C)n2)c1.CCOC(=O)c1cnc(Cl)nc1Cl.CCOC(=O)c1cnc(Cl)nc1Nc1cccc2c1ccn2C.Cc1ncc(C(N)=O)c(Nc2cccc3c2ccn3C)n1.Cn1ccc2c(N)cccc21.Cn1ccc2c(Nc3nc(Cl)ncc3C(=O)O)cccc21.[Li+].[OH-]. The standard InChI is InChI=1S/C22H21N7O2.C16H15ClN4O2.C15H15N5O.C14H11ClN4O2.C9H10N2.C8H10N2O.C7H6Cl2N2O2.C3H3NO.Li.H2O/c1-13(30)25-14-5-3-6-15(11-14)26-22-24-12-17(20(23)31)21(28-22)27-18-7-4-8-19-16(18)9-10-29(19)2;1-3-23-15(22)11-9-18-16(17)20-14(11)19-12-5-4-6-13-10(12)7-8-21(13)2;1-9-17-8-11(14(16)21)15(18-9)19-12-4-3-5-13-10(12)6-7-20(13)2;1-19-6-5-8-10(3-2-4-11(8)19)17-12-9(13(20)21)7-16-14(15)18-12;1-11-6-5-7-8(10)3-2-4-9(7)11;1-6(11)10-8-4-2-3-7(9)5-8;1-2-13-6(12)4-3-10-7(9)11-5(4)8;1-3(5)2-4;;/h3-12H,1-2H3,(H2,23,31)(H,25,30)(H2,24,26,27,28);4-9H,3H2,1-2H3,(H,18,19,20);3-8H,1-2H3,(H2,16,21)(H,17,18,19);2-7H,1H3,(H,20,21)(H,16,17,18);2-6H,10H2,1H3;2-5H,9H2,1H3,(H,10,11);3H,2H2,1H3;1H3;;1H2/q;;;;;;;;+1;/p-1. The summed E-state index contributed by atoms with van der Waals surface area (Å²) in [6, 6.07) is 54.8. The molecule has 0 aliphatic rings. The van der Waals surface area contributed by atoms with Crippen molar-refractivity contribution in [2.75, 3.05) is 61.9 Å². The number of hydrogen-bond donors (Lipinski definition) is 12. The van der Waals surface area contributed by atoms with Gasteiger partial charge in [0.05, 0.1) is 13.2 Å². The first kappa shape index (κ1) is 107. The molecule has 39 nitrogen and oxygen atoms in total. The molecule has 7 aromatic carbocycles. The summed E-state index contributed by atoms with van der Waals surface area (Å²) in [5.41, 5.74) is 35.1. The number of aromatic nitrogens is 15. The summed E-state index contributed by atoms with van der Waals surface area (Å²) in [6.45, 7) is 9.88. The van der Waals surface area contributed by atoms with Crippen molar-refractivity contribution in [2.24, 2.45) is 46.7 Å². The largest absolute Gasteiger partial charge is 1.00 e. The Balaban J connectivity index is 0.000000200. The van der Waals surface area contributed by atoms with Crippen LogP contribution in [0.25, 0.3) is 54.5 Å². The second-order valence-electron chi connectivity index (χ2n) is 29.0. The zero-order valence-electron chi connectivity index (χ0n) is 76.3. The molecule has 0 radical (unpaired) electrons. The Morgan fingerprint density at radius 3 is 1.14 bits per heavy atom. The number of esters is 2. The molecule has 10 heterocycles. The van der Waals surface area contributed by atoms with E-state index in [0.29, 0.717) is 40.3 Å². The summed E-state index contributed by atoms with van der Waals surface area (Å²) in [4.78, 5) is 129. The molecule has 0 atom stereocenters. The monoisotopic (exact) mass is 1940 g/mol. The number of anilines is 14. The minimum atomic E-state index is -1.12. The Morgan fingerprint density at radius 1 is 0.413 bits per heavy atom. The third kappa shape index (κ3) is 29.2. The van der Waals surface area contributed by atoms with Crippen LogP contribution in [0.1, 0.15) is 92.2 Å². The fourth-order valence-electron chi connectivity index (χ4n) is 12.9. The molecule has 44 heteroatoms. The number of ether oxygens (including phenoxy) is 2. The zero-order chi connectivity index (χ0) is 98.6. The Bertz CT molecular complexity index is 7190. The molecule has 0 bridgehead atoms. The summed E-state index contributed by atoms with van der Waals surface area (Å²) in [5.74, 6) is -2.01. The summed E-state index contributed by atoms with van der Waals surface area (Å²) >= 11 is 22.7. The van der Waals surface area contributed by atoms with Gasteiger partial charge >= 0.3 is 36.8 Å². The van der Waals surface area contributed by atoms with E-state index < -0.39 is 35.5 Å². The number of fused-ring (bicyclic) bond motifs is 5. The first-order chi connectivity index (χ1) is 65.0. The number of aromatic carboxylic acids is 1. The Hall–Kier alpha value is -16.6. The number of Topliss-reactive ketones (excluding diaryl/α,β-unsaturated/α-hetero) is 1. The predicted octanol–water partition coefficient (Wildman–Crippen LogP) is 14.1. The number of amides is 4. The molecule has 0 fully saturated rings. The number of rotatable bonds is 19. The van der Waals surface area contributed by atoms with Crippen molar-refractivity contribution in [2.45, 2.75) is 41.5 Å². The first-order valence-electron chi connectivity index (χ1n) is 40.8. The fraction of sp³-hybridized carbons (Fsp3) is 0.138. The van der Waals surface area contributed by atoms with E-state index in [-0.39, 0.29) is 110 Å². The second-order valence-corrected chi connectivity index (χ2v) is 30.4. The van der Waals surface area contributed by atoms with Gasteiger partial charge in [-0.2, -0.15) is 20.2 Å². The van der Waals surface area contributed by atoms with E-state index in [9.17, 15) is 43.5 Å². The number of nitrogens with zero attached hydrogens (tertiary/aromatic N) is 16. The number of carbonyl (C=O) groups is 8.